The summed E-state index contributed by atoms with van der Waals surface area (Å²) in [4.78, 5) is 14.6. The van der Waals surface area contributed by atoms with Crippen LogP contribution in [-0.4, -0.2) is 52.5 Å². The summed E-state index contributed by atoms with van der Waals surface area (Å²) in [6.45, 7) is 7.53. The molecule has 0 unspecified atom stereocenters. The average molecular weight is 329 g/mol. The van der Waals surface area contributed by atoms with E-state index in [9.17, 15) is 4.79 Å². The van der Waals surface area contributed by atoms with E-state index in [1.54, 1.807) is 15.6 Å². The molecule has 1 fully saturated rings. The summed E-state index contributed by atoms with van der Waals surface area (Å²) in [5.74, 6) is 0.481. The Morgan fingerprint density at radius 2 is 1.92 bits per heavy atom. The highest BCUT2D eigenvalue weighted by molar-refractivity contribution is 5.92. The maximum atomic E-state index is 12.8. The molecule has 1 aliphatic heterocycles. The monoisotopic (exact) mass is 329 g/mol. The molecule has 1 aromatic carbocycles. The maximum absolute atomic E-state index is 12.8. The van der Waals surface area contributed by atoms with Gasteiger partial charge in [0.15, 0.2) is 5.69 Å². The number of aromatic nitrogens is 2. The lowest BCUT2D eigenvalue weighted by Crippen LogP contribution is -2.48. The first-order valence-electron chi connectivity index (χ1n) is 8.31. The molecule has 0 bridgehead atoms. The van der Waals surface area contributed by atoms with E-state index in [-0.39, 0.29) is 18.1 Å². The van der Waals surface area contributed by atoms with Gasteiger partial charge < -0.3 is 14.4 Å². The fourth-order valence-electron chi connectivity index (χ4n) is 2.98. The van der Waals surface area contributed by atoms with Gasteiger partial charge in [-0.05, 0) is 32.9 Å². The molecule has 6 nitrogen and oxygen atoms in total. The Balaban J connectivity index is 1.89. The third-order valence-corrected chi connectivity index (χ3v) is 3.90. The van der Waals surface area contributed by atoms with Crippen LogP contribution in [0.15, 0.2) is 36.4 Å². The number of nitrogens with zero attached hydrogens (tertiary/aromatic N) is 3. The fourth-order valence-corrected chi connectivity index (χ4v) is 2.98. The highest BCUT2D eigenvalue weighted by Gasteiger charge is 2.28. The summed E-state index contributed by atoms with van der Waals surface area (Å²) in [5, 5.41) is 4.48. The molecule has 24 heavy (non-hydrogen) atoms. The molecule has 0 saturated carbocycles. The molecule has 128 valence electrons. The molecule has 3 rings (SSSR count). The Morgan fingerprint density at radius 3 is 2.54 bits per heavy atom. The van der Waals surface area contributed by atoms with Crippen LogP contribution in [-0.2, 0) is 4.74 Å². The number of para-hydroxylation sites is 1. The second-order valence-corrected chi connectivity index (χ2v) is 6.02. The fraction of sp³-hybridized carbons (Fsp3) is 0.444. The minimum Gasteiger partial charge on any atom is -0.478 e. The predicted octanol–water partition coefficient (Wildman–Crippen LogP) is 2.52. The van der Waals surface area contributed by atoms with Crippen LogP contribution in [0.2, 0.25) is 0 Å². The van der Waals surface area contributed by atoms with E-state index in [0.29, 0.717) is 31.3 Å². The van der Waals surface area contributed by atoms with Gasteiger partial charge in [-0.3, -0.25) is 4.79 Å². The van der Waals surface area contributed by atoms with Crippen LogP contribution in [0.4, 0.5) is 0 Å². The van der Waals surface area contributed by atoms with Gasteiger partial charge in [-0.2, -0.15) is 5.10 Å². The van der Waals surface area contributed by atoms with Crippen molar-refractivity contribution < 1.29 is 14.3 Å². The highest BCUT2D eigenvalue weighted by atomic mass is 16.5. The average Bonchev–Trinajstić information content (AvgIpc) is 2.98. The zero-order chi connectivity index (χ0) is 17.1. The van der Waals surface area contributed by atoms with Gasteiger partial charge in [0.25, 0.3) is 5.91 Å². The number of hydrogen-bond acceptors (Lipinski definition) is 4. The minimum absolute atomic E-state index is 0.0280. The summed E-state index contributed by atoms with van der Waals surface area (Å²) in [7, 11) is 0. The van der Waals surface area contributed by atoms with Crippen molar-refractivity contribution in [1.82, 2.24) is 14.7 Å². The Morgan fingerprint density at radius 1 is 1.25 bits per heavy atom. The normalized spacial score (nSPS) is 20.9. The van der Waals surface area contributed by atoms with Gasteiger partial charge >= 0.3 is 0 Å². The van der Waals surface area contributed by atoms with Gasteiger partial charge in [-0.15, -0.1) is 0 Å². The molecule has 2 atom stereocenters. The Hall–Kier alpha value is -2.34. The summed E-state index contributed by atoms with van der Waals surface area (Å²) in [6, 6.07) is 11.4. The van der Waals surface area contributed by atoms with E-state index in [1.165, 1.54) is 0 Å². The maximum Gasteiger partial charge on any atom is 0.274 e. The van der Waals surface area contributed by atoms with Crippen molar-refractivity contribution in [3.63, 3.8) is 0 Å². The molecule has 1 aliphatic rings. The van der Waals surface area contributed by atoms with E-state index >= 15 is 0 Å². The van der Waals surface area contributed by atoms with Crippen LogP contribution >= 0.6 is 0 Å². The minimum atomic E-state index is -0.0902. The van der Waals surface area contributed by atoms with Gasteiger partial charge in [-0.1, -0.05) is 18.2 Å². The van der Waals surface area contributed by atoms with Crippen molar-refractivity contribution in [1.29, 1.82) is 0 Å². The lowest BCUT2D eigenvalue weighted by Gasteiger charge is -2.34. The van der Waals surface area contributed by atoms with Crippen LogP contribution in [0.25, 0.3) is 5.69 Å². The zero-order valence-corrected chi connectivity index (χ0v) is 14.3. The van der Waals surface area contributed by atoms with Crippen molar-refractivity contribution in [3.8, 4) is 11.6 Å². The van der Waals surface area contributed by atoms with Gasteiger partial charge in [0.1, 0.15) is 0 Å². The first-order valence-corrected chi connectivity index (χ1v) is 8.31. The third kappa shape index (κ3) is 3.43. The third-order valence-electron chi connectivity index (χ3n) is 3.90. The highest BCUT2D eigenvalue weighted by Crippen LogP contribution is 2.21. The summed E-state index contributed by atoms with van der Waals surface area (Å²) in [6.07, 6.45) is 0.0561. The van der Waals surface area contributed by atoms with E-state index < -0.39 is 0 Å². The van der Waals surface area contributed by atoms with Crippen molar-refractivity contribution in [2.45, 2.75) is 33.0 Å². The van der Waals surface area contributed by atoms with E-state index in [0.717, 1.165) is 5.69 Å². The number of rotatable bonds is 4. The number of hydrogen-bond donors (Lipinski definition) is 0. The van der Waals surface area contributed by atoms with Crippen LogP contribution < -0.4 is 4.74 Å². The molecule has 2 heterocycles. The summed E-state index contributed by atoms with van der Waals surface area (Å²) < 4.78 is 13.0. The predicted molar refractivity (Wildman–Crippen MR) is 90.6 cm³/mol. The lowest BCUT2D eigenvalue weighted by atomic mass is 10.2. The molecule has 1 amide bonds. The smallest absolute Gasteiger partial charge is 0.274 e. The second-order valence-electron chi connectivity index (χ2n) is 6.02. The SMILES string of the molecule is CCOc1cc(C(=O)N2C[C@@H](C)O[C@H](C)C2)nn1-c1ccccc1. The first kappa shape index (κ1) is 16.5. The molecular weight excluding hydrogens is 306 g/mol. The van der Waals surface area contributed by atoms with E-state index in [4.69, 9.17) is 9.47 Å². The van der Waals surface area contributed by atoms with Crippen molar-refractivity contribution >= 4 is 5.91 Å². The van der Waals surface area contributed by atoms with Gasteiger partial charge in [0.05, 0.1) is 24.5 Å². The summed E-state index contributed by atoms with van der Waals surface area (Å²) in [5.41, 5.74) is 1.26. The van der Waals surface area contributed by atoms with E-state index in [1.807, 2.05) is 51.1 Å². The Bertz CT molecular complexity index is 689. The summed E-state index contributed by atoms with van der Waals surface area (Å²) >= 11 is 0. The van der Waals surface area contributed by atoms with Gasteiger partial charge in [0.2, 0.25) is 5.88 Å². The van der Waals surface area contributed by atoms with Crippen molar-refractivity contribution in [3.05, 3.63) is 42.1 Å². The molecular formula is C18H23N3O3. The molecule has 0 N–H and O–H groups in total. The van der Waals surface area contributed by atoms with Crippen LogP contribution in [0, 0.1) is 0 Å². The topological polar surface area (TPSA) is 56.6 Å². The molecule has 0 aliphatic carbocycles. The molecule has 6 heteroatoms. The zero-order valence-electron chi connectivity index (χ0n) is 14.3. The Kier molecular flexibility index (Phi) is 4.85. The standard InChI is InChI=1S/C18H23N3O3/c1-4-23-17-10-16(19-21(17)15-8-6-5-7-9-15)18(22)20-11-13(2)24-14(3)12-20/h5-10,13-14H,4,11-12H2,1-3H3/t13-,14-/m1/s1. The molecule has 2 aromatic rings. The number of amides is 1. The number of morpholine rings is 1. The second kappa shape index (κ2) is 7.05. The van der Waals surface area contributed by atoms with Crippen molar-refractivity contribution in [2.24, 2.45) is 0 Å². The van der Waals surface area contributed by atoms with Crippen molar-refractivity contribution in [2.75, 3.05) is 19.7 Å². The molecule has 1 saturated heterocycles. The first-order chi connectivity index (χ1) is 11.6. The lowest BCUT2D eigenvalue weighted by molar-refractivity contribution is -0.0587. The number of carbonyl (C=O) groups is 1. The van der Waals surface area contributed by atoms with E-state index in [2.05, 4.69) is 5.10 Å². The molecule has 0 spiro atoms. The number of benzene rings is 1. The van der Waals surface area contributed by atoms with Crippen LogP contribution in [0.5, 0.6) is 5.88 Å². The molecule has 0 radical (unpaired) electrons. The van der Waals surface area contributed by atoms with Gasteiger partial charge in [-0.25, -0.2) is 4.68 Å². The quantitative estimate of drug-likeness (QED) is 0.865. The van der Waals surface area contributed by atoms with Crippen LogP contribution in [0.3, 0.4) is 0 Å². The number of ether oxygens (including phenoxy) is 2. The van der Waals surface area contributed by atoms with Gasteiger partial charge in [0, 0.05) is 19.2 Å². The molecule has 1 aromatic heterocycles. The Labute approximate surface area is 142 Å². The van der Waals surface area contributed by atoms with Crippen LogP contribution in [0.1, 0.15) is 31.3 Å². The number of carbonyl (C=O) groups excluding carboxylic acids is 1. The largest absolute Gasteiger partial charge is 0.478 e.